The zero-order chi connectivity index (χ0) is 16.9. The van der Waals surface area contributed by atoms with Crippen LogP contribution < -0.4 is 10.9 Å². The van der Waals surface area contributed by atoms with Crippen LogP contribution in [-0.2, 0) is 17.6 Å². The van der Waals surface area contributed by atoms with Gasteiger partial charge in [-0.2, -0.15) is 0 Å². The summed E-state index contributed by atoms with van der Waals surface area (Å²) < 4.78 is 5.09. The van der Waals surface area contributed by atoms with Crippen molar-refractivity contribution in [3.05, 3.63) is 51.6 Å². The highest BCUT2D eigenvalue weighted by atomic mass is 32.1. The molecule has 0 bridgehead atoms. The van der Waals surface area contributed by atoms with Crippen molar-refractivity contribution in [3.8, 4) is 0 Å². The maximum atomic E-state index is 12.2. The van der Waals surface area contributed by atoms with E-state index in [2.05, 4.69) is 17.8 Å². The maximum absolute atomic E-state index is 12.2. The summed E-state index contributed by atoms with van der Waals surface area (Å²) in [5.41, 5.74) is 6.12. The largest absolute Gasteiger partial charge is 0.465 e. The number of furan rings is 1. The Morgan fingerprint density at radius 3 is 3.04 bits per heavy atom. The van der Waals surface area contributed by atoms with Crippen molar-refractivity contribution >= 4 is 29.2 Å². The number of amides is 2. The van der Waals surface area contributed by atoms with Crippen molar-refractivity contribution in [2.75, 3.05) is 0 Å². The molecule has 2 N–H and O–H groups in total. The third kappa shape index (κ3) is 3.94. The first-order valence-corrected chi connectivity index (χ1v) is 8.91. The van der Waals surface area contributed by atoms with Crippen molar-refractivity contribution < 1.29 is 14.0 Å². The first kappa shape index (κ1) is 16.5. The molecule has 2 amide bonds. The molecule has 1 aliphatic carbocycles. The lowest BCUT2D eigenvalue weighted by Gasteiger charge is -2.19. The van der Waals surface area contributed by atoms with Gasteiger partial charge in [0.05, 0.1) is 11.1 Å². The summed E-state index contributed by atoms with van der Waals surface area (Å²) in [4.78, 5) is 25.8. The van der Waals surface area contributed by atoms with E-state index in [9.17, 15) is 9.59 Å². The highest BCUT2D eigenvalue weighted by molar-refractivity contribution is 7.14. The number of hydrazine groups is 1. The molecule has 2 aromatic rings. The first-order valence-electron chi connectivity index (χ1n) is 8.09. The average molecular weight is 344 g/mol. The van der Waals surface area contributed by atoms with Crippen LogP contribution in [0, 0.1) is 5.92 Å². The fourth-order valence-corrected chi connectivity index (χ4v) is 3.93. The van der Waals surface area contributed by atoms with E-state index in [1.54, 1.807) is 12.1 Å². The standard InChI is InChI=1S/C18H20N2O3S/c1-2-12-5-7-15-13(10-12)11-16(24-15)18(22)20-19-17(21)8-6-14-4-3-9-23-14/h3-4,6,8-9,11-12H,2,5,7,10H2,1H3,(H,19,21)(H,20,22)/b8-6+/t12-/m0/s1. The number of hydrogen-bond acceptors (Lipinski definition) is 4. The monoisotopic (exact) mass is 344 g/mol. The van der Waals surface area contributed by atoms with Crippen molar-refractivity contribution in [3.63, 3.8) is 0 Å². The predicted octanol–water partition coefficient (Wildman–Crippen LogP) is 3.33. The zero-order valence-corrected chi connectivity index (χ0v) is 14.3. The molecule has 24 heavy (non-hydrogen) atoms. The number of fused-ring (bicyclic) bond motifs is 1. The second-order valence-electron chi connectivity index (χ2n) is 5.87. The molecule has 0 aromatic carbocycles. The van der Waals surface area contributed by atoms with E-state index < -0.39 is 5.91 Å². The van der Waals surface area contributed by atoms with Crippen LogP contribution in [0.25, 0.3) is 6.08 Å². The highest BCUT2D eigenvalue weighted by Gasteiger charge is 2.22. The van der Waals surface area contributed by atoms with Gasteiger partial charge in [0, 0.05) is 11.0 Å². The van der Waals surface area contributed by atoms with Crippen molar-refractivity contribution in [2.24, 2.45) is 5.92 Å². The van der Waals surface area contributed by atoms with Gasteiger partial charge in [-0.15, -0.1) is 11.3 Å². The van der Waals surface area contributed by atoms with E-state index in [1.165, 1.54) is 53.0 Å². The molecule has 0 spiro atoms. The number of thiophene rings is 1. The second kappa shape index (κ2) is 7.49. The molecule has 5 nitrogen and oxygen atoms in total. The second-order valence-corrected chi connectivity index (χ2v) is 7.01. The molecule has 1 atom stereocenters. The van der Waals surface area contributed by atoms with Crippen LogP contribution in [0.5, 0.6) is 0 Å². The minimum atomic E-state index is -0.410. The molecule has 6 heteroatoms. The number of carbonyl (C=O) groups excluding carboxylic acids is 2. The molecule has 126 valence electrons. The highest BCUT2D eigenvalue weighted by Crippen LogP contribution is 2.33. The number of nitrogens with one attached hydrogen (secondary N) is 2. The van der Waals surface area contributed by atoms with E-state index in [1.807, 2.05) is 6.07 Å². The molecule has 0 fully saturated rings. The van der Waals surface area contributed by atoms with Gasteiger partial charge in [-0.25, -0.2) is 0 Å². The number of hydrogen-bond donors (Lipinski definition) is 2. The lowest BCUT2D eigenvalue weighted by atomic mass is 9.87. The van der Waals surface area contributed by atoms with Crippen LogP contribution in [0.15, 0.2) is 35.0 Å². The first-order chi connectivity index (χ1) is 11.7. The fourth-order valence-electron chi connectivity index (χ4n) is 2.83. The molecular weight excluding hydrogens is 324 g/mol. The van der Waals surface area contributed by atoms with E-state index in [-0.39, 0.29) is 5.91 Å². The van der Waals surface area contributed by atoms with Gasteiger partial charge in [0.1, 0.15) is 5.76 Å². The third-order valence-corrected chi connectivity index (χ3v) is 5.46. The molecular formula is C18H20N2O3S. The molecule has 0 unspecified atom stereocenters. The SMILES string of the molecule is CC[C@H]1CCc2sc(C(=O)NNC(=O)/C=C/c3ccco3)cc2C1. The van der Waals surface area contributed by atoms with Gasteiger partial charge >= 0.3 is 0 Å². The number of rotatable bonds is 4. The van der Waals surface area contributed by atoms with Crippen LogP contribution in [0.1, 0.15) is 45.6 Å². The minimum Gasteiger partial charge on any atom is -0.465 e. The normalized spacial score (nSPS) is 16.8. The Morgan fingerprint density at radius 2 is 2.29 bits per heavy atom. The number of carbonyl (C=O) groups is 2. The molecule has 2 heterocycles. The van der Waals surface area contributed by atoms with Crippen LogP contribution >= 0.6 is 11.3 Å². The summed E-state index contributed by atoms with van der Waals surface area (Å²) in [6, 6.07) is 5.44. The molecule has 0 radical (unpaired) electrons. The van der Waals surface area contributed by atoms with E-state index >= 15 is 0 Å². The lowest BCUT2D eigenvalue weighted by Crippen LogP contribution is -2.40. The third-order valence-electron chi connectivity index (χ3n) is 4.23. The summed E-state index contributed by atoms with van der Waals surface area (Å²) in [5.74, 6) is 0.608. The quantitative estimate of drug-likeness (QED) is 0.660. The van der Waals surface area contributed by atoms with Gasteiger partial charge in [-0.1, -0.05) is 13.3 Å². The van der Waals surface area contributed by atoms with E-state index in [0.717, 1.165) is 18.8 Å². The summed E-state index contributed by atoms with van der Waals surface area (Å²) in [6.45, 7) is 2.21. The number of aryl methyl sites for hydroxylation is 1. The van der Waals surface area contributed by atoms with E-state index in [0.29, 0.717) is 10.6 Å². The van der Waals surface area contributed by atoms with Crippen molar-refractivity contribution in [1.29, 1.82) is 0 Å². The Balaban J connectivity index is 1.54. The smallest absolute Gasteiger partial charge is 0.279 e. The van der Waals surface area contributed by atoms with Crippen molar-refractivity contribution in [1.82, 2.24) is 10.9 Å². The van der Waals surface area contributed by atoms with Crippen LogP contribution in [0.4, 0.5) is 0 Å². The Kier molecular flexibility index (Phi) is 5.15. The molecule has 0 saturated carbocycles. The zero-order valence-electron chi connectivity index (χ0n) is 13.5. The van der Waals surface area contributed by atoms with Crippen LogP contribution in [-0.4, -0.2) is 11.8 Å². The van der Waals surface area contributed by atoms with Gasteiger partial charge in [0.25, 0.3) is 11.8 Å². The fraction of sp³-hybridized carbons (Fsp3) is 0.333. The molecule has 0 saturated heterocycles. The average Bonchev–Trinajstić information content (AvgIpc) is 3.26. The Bertz CT molecular complexity index is 746. The molecule has 2 aromatic heterocycles. The summed E-state index contributed by atoms with van der Waals surface area (Å²) in [5, 5.41) is 0. The van der Waals surface area contributed by atoms with Crippen LogP contribution in [0.2, 0.25) is 0 Å². The topological polar surface area (TPSA) is 71.3 Å². The Hall–Kier alpha value is -2.34. The summed E-state index contributed by atoms with van der Waals surface area (Å²) in [6.07, 6.45) is 8.84. The molecule has 0 aliphatic heterocycles. The van der Waals surface area contributed by atoms with E-state index in [4.69, 9.17) is 4.42 Å². The van der Waals surface area contributed by atoms with Gasteiger partial charge in [-0.05, 0) is 55.0 Å². The molecule has 1 aliphatic rings. The summed E-state index contributed by atoms with van der Waals surface area (Å²) >= 11 is 1.52. The van der Waals surface area contributed by atoms with Gasteiger partial charge in [0.15, 0.2) is 0 Å². The minimum absolute atomic E-state index is 0.276. The van der Waals surface area contributed by atoms with Crippen LogP contribution in [0.3, 0.4) is 0 Å². The maximum Gasteiger partial charge on any atom is 0.279 e. The lowest BCUT2D eigenvalue weighted by molar-refractivity contribution is -0.117. The predicted molar refractivity (Wildman–Crippen MR) is 93.5 cm³/mol. The van der Waals surface area contributed by atoms with Gasteiger partial charge in [-0.3, -0.25) is 20.4 Å². The summed E-state index contributed by atoms with van der Waals surface area (Å²) in [7, 11) is 0. The Labute approximate surface area is 144 Å². The molecule has 3 rings (SSSR count). The Morgan fingerprint density at radius 1 is 1.42 bits per heavy atom. The van der Waals surface area contributed by atoms with Gasteiger partial charge in [0.2, 0.25) is 0 Å². The van der Waals surface area contributed by atoms with Gasteiger partial charge < -0.3 is 4.42 Å². The van der Waals surface area contributed by atoms with Crippen molar-refractivity contribution in [2.45, 2.75) is 32.6 Å².